The summed E-state index contributed by atoms with van der Waals surface area (Å²) in [4.78, 5) is 137. The van der Waals surface area contributed by atoms with Gasteiger partial charge in [0.25, 0.3) is 0 Å². The molecule has 14 N–H and O–H groups in total. The molecule has 3 heterocycles. The first-order valence-electron chi connectivity index (χ1n) is 29.3. The van der Waals surface area contributed by atoms with Crippen molar-refractivity contribution in [1.29, 1.82) is 0 Å². The fourth-order valence-corrected chi connectivity index (χ4v) is 9.51. The average molecular weight is 1200 g/mol. The zero-order valence-corrected chi connectivity index (χ0v) is 51.4. The number of carbonyl (C=O) groups is 10. The first-order valence-corrected chi connectivity index (χ1v) is 29.3. The minimum absolute atomic E-state index is 0.00957. The van der Waals surface area contributed by atoms with Crippen LogP contribution in [-0.2, 0) is 57.3 Å². The van der Waals surface area contributed by atoms with Crippen LogP contribution in [0.2, 0.25) is 0 Å². The van der Waals surface area contributed by atoms with Gasteiger partial charge in [-0.15, -0.1) is 0 Å². The van der Waals surface area contributed by atoms with Crippen LogP contribution in [0.5, 0.6) is 0 Å². The van der Waals surface area contributed by atoms with Gasteiger partial charge in [0.2, 0.25) is 47.3 Å². The molecule has 3 rings (SSSR count). The van der Waals surface area contributed by atoms with Crippen molar-refractivity contribution in [2.24, 2.45) is 23.7 Å². The molecule has 0 aromatic heterocycles. The Kier molecular flexibility index (Phi) is 28.5. The van der Waals surface area contributed by atoms with E-state index in [1.807, 2.05) is 0 Å². The molecule has 0 unspecified atom stereocenters. The summed E-state index contributed by atoms with van der Waals surface area (Å²) in [5.74, 6) is -7.79. The molecule has 0 aromatic rings. The van der Waals surface area contributed by atoms with E-state index in [4.69, 9.17) is 18.9 Å². The normalized spacial score (nSPS) is 29.9. The third kappa shape index (κ3) is 24.6. The summed E-state index contributed by atoms with van der Waals surface area (Å²) < 4.78 is 22.4. The maximum Gasteiger partial charge on any atom is 0.407 e. The first kappa shape index (κ1) is 72.3. The zero-order valence-electron chi connectivity index (χ0n) is 51.4. The Labute approximate surface area is 493 Å². The van der Waals surface area contributed by atoms with Crippen LogP contribution >= 0.6 is 0 Å². The van der Waals surface area contributed by atoms with Crippen molar-refractivity contribution in [2.45, 2.75) is 245 Å². The first-order chi connectivity index (χ1) is 39.0. The molecule has 3 aliphatic heterocycles. The molecule has 4 bridgehead atoms. The fourth-order valence-electron chi connectivity index (χ4n) is 9.51. The van der Waals surface area contributed by atoms with E-state index in [0.717, 1.165) is 0 Å². The Bertz CT molecular complexity index is 2090. The Morgan fingerprint density at radius 3 is 1.08 bits per heavy atom. The maximum atomic E-state index is 14.3. The predicted octanol–water partition coefficient (Wildman–Crippen LogP) is -1.09. The van der Waals surface area contributed by atoms with E-state index in [1.165, 1.54) is 0 Å². The van der Waals surface area contributed by atoms with Crippen molar-refractivity contribution in [2.75, 3.05) is 26.2 Å². The summed E-state index contributed by atoms with van der Waals surface area (Å²) in [5.41, 5.74) is -1.60. The summed E-state index contributed by atoms with van der Waals surface area (Å²) in [6.07, 6.45) is -14.0. The highest BCUT2D eigenvalue weighted by Gasteiger charge is 2.46. The molecule has 0 spiro atoms. The lowest BCUT2D eigenvalue weighted by Crippen LogP contribution is -2.58. The van der Waals surface area contributed by atoms with E-state index in [2.05, 4.69) is 53.2 Å². The lowest BCUT2D eigenvalue weighted by molar-refractivity contribution is -0.135. The van der Waals surface area contributed by atoms with Gasteiger partial charge in [-0.3, -0.25) is 38.4 Å². The molecule has 0 saturated carbocycles. The molecule has 0 aliphatic carbocycles. The van der Waals surface area contributed by atoms with Crippen LogP contribution in [0.4, 0.5) is 9.59 Å². The number of aliphatic hydroxyl groups excluding tert-OH is 4. The highest BCUT2D eigenvalue weighted by Crippen LogP contribution is 2.26. The highest BCUT2D eigenvalue weighted by atomic mass is 16.6. The van der Waals surface area contributed by atoms with Crippen LogP contribution in [-0.4, -0.2) is 202 Å². The SMILES string of the molecule is CC(C)C[C@@H]1NC(=O)[C@H](CCCNC(=O)OC(C)(C)C)NC(=O)[C@H](C(C)C)NC(=O)C[C@@H]2O[C@H](CNC(=O)[C@H](CC(C)C)NC(=O)[C@H](CCCNC(=O)OC(C)(C)C)NC(=O)[C@H](C(C)C)NC(=O)C[C@@H]3O[C@H](CNC1=O)[C@@H](O)[C@H]3O)[C@@H](O)[C@H]2O. The second-order valence-electron chi connectivity index (χ2n) is 25.5. The van der Waals surface area contributed by atoms with E-state index >= 15 is 0 Å². The van der Waals surface area contributed by atoms with Gasteiger partial charge < -0.3 is 92.5 Å². The zero-order chi connectivity index (χ0) is 63.6. The molecule has 3 fully saturated rings. The van der Waals surface area contributed by atoms with Crippen LogP contribution in [0, 0.1) is 23.7 Å². The molecular weight excluding hydrogens is 1100 g/mol. The Morgan fingerprint density at radius 2 is 0.786 bits per heavy atom. The number of carbonyl (C=O) groups excluding carboxylic acids is 10. The molecule has 480 valence electrons. The third-order valence-corrected chi connectivity index (χ3v) is 13.8. The average Bonchev–Trinajstić information content (AvgIpc) is 3.89. The lowest BCUT2D eigenvalue weighted by atomic mass is 9.99. The number of nitrogens with one attached hydrogen (secondary N) is 10. The number of fused-ring (bicyclic) bond motifs is 4. The number of alkyl carbamates (subject to hydrolysis) is 2. The summed E-state index contributed by atoms with van der Waals surface area (Å²) in [7, 11) is 0. The van der Waals surface area contributed by atoms with Gasteiger partial charge in [-0.25, -0.2) is 9.59 Å². The molecule has 84 heavy (non-hydrogen) atoms. The van der Waals surface area contributed by atoms with Crippen LogP contribution in [0.25, 0.3) is 0 Å². The van der Waals surface area contributed by atoms with E-state index in [-0.39, 0.29) is 63.5 Å². The van der Waals surface area contributed by atoms with Crippen molar-refractivity contribution in [1.82, 2.24) is 53.2 Å². The largest absolute Gasteiger partial charge is 0.444 e. The fraction of sp³-hybridized carbons (Fsp3) is 0.821. The summed E-state index contributed by atoms with van der Waals surface area (Å²) in [5, 5.41) is 70.9. The Morgan fingerprint density at radius 1 is 0.476 bits per heavy atom. The minimum atomic E-state index is -1.64. The second-order valence-corrected chi connectivity index (χ2v) is 25.5. The second kappa shape index (κ2) is 33.1. The molecule has 0 radical (unpaired) electrons. The molecule has 3 saturated heterocycles. The maximum absolute atomic E-state index is 14.3. The monoisotopic (exact) mass is 1200 g/mol. The van der Waals surface area contributed by atoms with Crippen molar-refractivity contribution in [3.8, 4) is 0 Å². The van der Waals surface area contributed by atoms with Crippen molar-refractivity contribution in [3.05, 3.63) is 0 Å². The van der Waals surface area contributed by atoms with E-state index in [9.17, 15) is 68.4 Å². The van der Waals surface area contributed by atoms with Crippen LogP contribution in [0.15, 0.2) is 0 Å². The molecule has 10 amide bonds. The van der Waals surface area contributed by atoms with Gasteiger partial charge in [-0.2, -0.15) is 0 Å². The van der Waals surface area contributed by atoms with Crippen LogP contribution in [0.3, 0.4) is 0 Å². The van der Waals surface area contributed by atoms with Gasteiger partial charge in [0, 0.05) is 26.2 Å². The number of aliphatic hydroxyl groups is 4. The number of amides is 10. The van der Waals surface area contributed by atoms with Gasteiger partial charge in [0.1, 0.15) is 84.1 Å². The van der Waals surface area contributed by atoms with Crippen molar-refractivity contribution in [3.63, 3.8) is 0 Å². The molecule has 3 aliphatic rings. The van der Waals surface area contributed by atoms with Crippen LogP contribution in [0.1, 0.15) is 148 Å². The van der Waals surface area contributed by atoms with Gasteiger partial charge >= 0.3 is 12.2 Å². The lowest BCUT2D eigenvalue weighted by Gasteiger charge is -2.28. The topological polar surface area (TPSA) is 409 Å². The van der Waals surface area contributed by atoms with E-state index < -0.39 is 193 Å². The van der Waals surface area contributed by atoms with Crippen LogP contribution < -0.4 is 53.2 Å². The molecule has 28 heteroatoms. The van der Waals surface area contributed by atoms with Gasteiger partial charge in [0.15, 0.2) is 0 Å². The summed E-state index contributed by atoms with van der Waals surface area (Å²) in [6.45, 7) is 23.0. The number of hydrogen-bond acceptors (Lipinski definition) is 18. The van der Waals surface area contributed by atoms with Gasteiger partial charge in [-0.05, 0) is 104 Å². The number of hydrogen-bond donors (Lipinski definition) is 14. The number of rotatable bonds is 14. The minimum Gasteiger partial charge on any atom is -0.444 e. The summed E-state index contributed by atoms with van der Waals surface area (Å²) >= 11 is 0. The van der Waals surface area contributed by atoms with E-state index in [1.54, 1.807) is 96.9 Å². The van der Waals surface area contributed by atoms with E-state index in [0.29, 0.717) is 0 Å². The molecule has 0 aromatic carbocycles. The quantitative estimate of drug-likeness (QED) is 0.0920. The Balaban J connectivity index is 2.02. The Hall–Kier alpha value is -5.94. The molecule has 14 atom stereocenters. The van der Waals surface area contributed by atoms with Crippen molar-refractivity contribution >= 4 is 59.4 Å². The van der Waals surface area contributed by atoms with Crippen molar-refractivity contribution < 1.29 is 87.3 Å². The molecular formula is C56H98N10O18. The predicted molar refractivity (Wildman–Crippen MR) is 304 cm³/mol. The number of ether oxygens (including phenoxy) is 4. The summed E-state index contributed by atoms with van der Waals surface area (Å²) in [6, 6.07) is -7.74. The third-order valence-electron chi connectivity index (χ3n) is 13.8. The van der Waals surface area contributed by atoms with Gasteiger partial charge in [-0.1, -0.05) is 55.4 Å². The highest BCUT2D eigenvalue weighted by molar-refractivity contribution is 5.95. The van der Waals surface area contributed by atoms with Gasteiger partial charge in [0.05, 0.1) is 25.0 Å². The smallest absolute Gasteiger partial charge is 0.407 e. The molecule has 28 nitrogen and oxygen atoms in total. The standard InChI is InChI=1S/C56H98N10O18/c1-27(2)21-33-47(73)59-25-37-45(71)43(69)35(81-37)23-39(67)66-42(30(7)8)52(78)62-32(18-16-20-58-54(80)84-56(12,13)14)50(76)64-34(22-28(3)4)48(74)60-26-38-46(72)44(70)36(82-38)24-40(68)65-41(29(5)6)51(77)61-31(49(75)63-33)17-15-19-57-53(79)83-55(9,10)11/h27-38,41-46,69-72H,15-26H2,1-14H3,(H,57,79)(H,58,80)(H,59,73)(H,60,74)(H,61,77)(H,62,78)(H,63,75)(H,64,76)(H,65,68)(H,66,67)/t31-,32-,33-,34-,35-,36-,37+,38+,41-,42-,43-,44-,45+,46+/m0/s1.